The van der Waals surface area contributed by atoms with Crippen LogP contribution in [0, 0.1) is 11.2 Å². The van der Waals surface area contributed by atoms with Crippen molar-refractivity contribution in [3.05, 3.63) is 51.7 Å². The summed E-state index contributed by atoms with van der Waals surface area (Å²) in [7, 11) is 0. The van der Waals surface area contributed by atoms with E-state index in [0.29, 0.717) is 13.0 Å². The van der Waals surface area contributed by atoms with Crippen molar-refractivity contribution in [2.45, 2.75) is 25.7 Å². The highest BCUT2D eigenvalue weighted by atomic mass is 32.1. The molecule has 1 aromatic carbocycles. The maximum atomic E-state index is 12.9. The number of amides is 1. The third-order valence-corrected chi connectivity index (χ3v) is 5.06. The molecule has 2 N–H and O–H groups in total. The molecule has 0 radical (unpaired) electrons. The van der Waals surface area contributed by atoms with Crippen LogP contribution in [0.1, 0.15) is 29.1 Å². The molecule has 2 aromatic rings. The Labute approximate surface area is 138 Å². The Balaban J connectivity index is 1.50. The summed E-state index contributed by atoms with van der Waals surface area (Å²) in [5.74, 6) is -0.315. The summed E-state index contributed by atoms with van der Waals surface area (Å²) >= 11 is 1.51. The van der Waals surface area contributed by atoms with Gasteiger partial charge in [-0.25, -0.2) is 9.37 Å². The summed E-state index contributed by atoms with van der Waals surface area (Å²) in [4.78, 5) is 16.4. The van der Waals surface area contributed by atoms with Crippen molar-refractivity contribution in [1.82, 2.24) is 10.3 Å². The molecular formula is C17H19FN2O2S. The van der Waals surface area contributed by atoms with Crippen molar-refractivity contribution in [2.24, 2.45) is 5.41 Å². The van der Waals surface area contributed by atoms with E-state index < -0.39 is 0 Å². The molecule has 0 atom stereocenters. The predicted molar refractivity (Wildman–Crippen MR) is 86.8 cm³/mol. The zero-order valence-corrected chi connectivity index (χ0v) is 13.5. The molecule has 1 aliphatic rings. The van der Waals surface area contributed by atoms with E-state index in [1.54, 1.807) is 12.1 Å². The van der Waals surface area contributed by atoms with E-state index in [2.05, 4.69) is 10.3 Å². The van der Waals surface area contributed by atoms with Crippen LogP contribution < -0.4 is 5.32 Å². The lowest BCUT2D eigenvalue weighted by Gasteiger charge is -2.12. The Bertz CT molecular complexity index is 680. The molecule has 23 heavy (non-hydrogen) atoms. The summed E-state index contributed by atoms with van der Waals surface area (Å²) in [5.41, 5.74) is 1.67. The van der Waals surface area contributed by atoms with Crippen molar-refractivity contribution >= 4 is 17.2 Å². The van der Waals surface area contributed by atoms with Crippen molar-refractivity contribution < 1.29 is 14.3 Å². The van der Waals surface area contributed by atoms with Gasteiger partial charge < -0.3 is 10.4 Å². The van der Waals surface area contributed by atoms with Crippen LogP contribution in [0.25, 0.3) is 0 Å². The monoisotopic (exact) mass is 334 g/mol. The van der Waals surface area contributed by atoms with Gasteiger partial charge in [-0.3, -0.25) is 4.79 Å². The number of aromatic nitrogens is 1. The number of benzene rings is 1. The van der Waals surface area contributed by atoms with Crippen LogP contribution in [-0.2, 0) is 17.6 Å². The van der Waals surface area contributed by atoms with Gasteiger partial charge in [0.05, 0.1) is 23.7 Å². The Morgan fingerprint density at radius 2 is 2.09 bits per heavy atom. The van der Waals surface area contributed by atoms with Gasteiger partial charge in [0.1, 0.15) is 5.82 Å². The summed E-state index contributed by atoms with van der Waals surface area (Å²) in [6, 6.07) is 6.36. The van der Waals surface area contributed by atoms with Gasteiger partial charge >= 0.3 is 0 Å². The van der Waals surface area contributed by atoms with Crippen molar-refractivity contribution in [2.75, 3.05) is 13.2 Å². The van der Waals surface area contributed by atoms with Gasteiger partial charge in [-0.1, -0.05) is 12.1 Å². The molecule has 0 spiro atoms. The van der Waals surface area contributed by atoms with Crippen LogP contribution in [0.3, 0.4) is 0 Å². The minimum Gasteiger partial charge on any atom is -0.396 e. The molecule has 1 heterocycles. The normalized spacial score (nSPS) is 15.4. The fourth-order valence-corrected chi connectivity index (χ4v) is 3.20. The third kappa shape index (κ3) is 4.36. The molecule has 0 saturated heterocycles. The molecule has 0 bridgehead atoms. The number of rotatable bonds is 7. The van der Waals surface area contributed by atoms with Gasteiger partial charge in [0.15, 0.2) is 0 Å². The van der Waals surface area contributed by atoms with Crippen LogP contribution >= 0.6 is 11.3 Å². The topological polar surface area (TPSA) is 62.2 Å². The first kappa shape index (κ1) is 16.1. The molecule has 6 heteroatoms. The predicted octanol–water partition coefficient (Wildman–Crippen LogP) is 2.30. The quantitative estimate of drug-likeness (QED) is 0.817. The molecule has 0 aliphatic heterocycles. The van der Waals surface area contributed by atoms with Gasteiger partial charge in [0, 0.05) is 23.8 Å². The summed E-state index contributed by atoms with van der Waals surface area (Å²) in [6.07, 6.45) is 2.84. The molecule has 1 aromatic heterocycles. The molecule has 0 unspecified atom stereocenters. The molecule has 122 valence electrons. The Morgan fingerprint density at radius 3 is 2.74 bits per heavy atom. The van der Waals surface area contributed by atoms with Crippen LogP contribution in [0.4, 0.5) is 4.39 Å². The number of carbonyl (C=O) groups is 1. The molecule has 1 saturated carbocycles. The first-order chi connectivity index (χ1) is 11.1. The number of hydrogen-bond acceptors (Lipinski definition) is 4. The second kappa shape index (κ2) is 6.76. The first-order valence-corrected chi connectivity index (χ1v) is 8.52. The van der Waals surface area contributed by atoms with E-state index in [9.17, 15) is 14.3 Å². The number of nitrogens with one attached hydrogen (secondary N) is 1. The van der Waals surface area contributed by atoms with Gasteiger partial charge in [-0.05, 0) is 30.5 Å². The lowest BCUT2D eigenvalue weighted by atomic mass is 10.1. The largest absolute Gasteiger partial charge is 0.396 e. The second-order valence-electron chi connectivity index (χ2n) is 6.15. The highest BCUT2D eigenvalue weighted by Gasteiger charge is 2.42. The molecule has 1 aliphatic carbocycles. The third-order valence-electron chi connectivity index (χ3n) is 4.16. The average molecular weight is 334 g/mol. The van der Waals surface area contributed by atoms with Crippen LogP contribution in [0.15, 0.2) is 29.6 Å². The number of carbonyl (C=O) groups excluding carboxylic acids is 1. The second-order valence-corrected chi connectivity index (χ2v) is 7.09. The standard InChI is InChI=1S/C17H19FN2O2S/c18-13-3-1-12(2-4-13)7-16-20-14(9-23-16)8-15(22)19-10-17(11-21)5-6-17/h1-4,9,21H,5-8,10-11H2,(H,19,22). The summed E-state index contributed by atoms with van der Waals surface area (Å²) < 4.78 is 12.9. The highest BCUT2D eigenvalue weighted by molar-refractivity contribution is 7.09. The lowest BCUT2D eigenvalue weighted by Crippen LogP contribution is -2.32. The van der Waals surface area contributed by atoms with Crippen molar-refractivity contribution in [3.63, 3.8) is 0 Å². The molecule has 1 amide bonds. The number of nitrogens with zero attached hydrogens (tertiary/aromatic N) is 1. The molecule has 1 fully saturated rings. The minimum atomic E-state index is -0.249. The zero-order chi connectivity index (χ0) is 16.3. The van der Waals surface area contributed by atoms with Gasteiger partial charge in [0.25, 0.3) is 0 Å². The maximum absolute atomic E-state index is 12.9. The smallest absolute Gasteiger partial charge is 0.226 e. The van der Waals surface area contributed by atoms with E-state index in [4.69, 9.17) is 0 Å². The fraction of sp³-hybridized carbons (Fsp3) is 0.412. The number of halogens is 1. The van der Waals surface area contributed by atoms with Crippen molar-refractivity contribution in [1.29, 1.82) is 0 Å². The van der Waals surface area contributed by atoms with Crippen LogP contribution in [0.5, 0.6) is 0 Å². The van der Waals surface area contributed by atoms with Gasteiger partial charge in [-0.15, -0.1) is 11.3 Å². The SMILES string of the molecule is O=C(Cc1csc(Cc2ccc(F)cc2)n1)NCC1(CO)CC1. The number of hydrogen-bond donors (Lipinski definition) is 2. The van der Waals surface area contributed by atoms with E-state index in [1.165, 1.54) is 23.5 Å². The van der Waals surface area contributed by atoms with Crippen LogP contribution in [0.2, 0.25) is 0 Å². The Kier molecular flexibility index (Phi) is 4.73. The minimum absolute atomic E-state index is 0.0663. The molecular weight excluding hydrogens is 315 g/mol. The van der Waals surface area contributed by atoms with Crippen LogP contribution in [-0.4, -0.2) is 29.1 Å². The van der Waals surface area contributed by atoms with Gasteiger partial charge in [-0.2, -0.15) is 0 Å². The lowest BCUT2D eigenvalue weighted by molar-refractivity contribution is -0.120. The van der Waals surface area contributed by atoms with E-state index in [0.717, 1.165) is 29.1 Å². The first-order valence-electron chi connectivity index (χ1n) is 7.64. The number of thiazole rings is 1. The number of aliphatic hydroxyl groups is 1. The summed E-state index contributed by atoms with van der Waals surface area (Å²) in [6.45, 7) is 0.667. The zero-order valence-electron chi connectivity index (χ0n) is 12.7. The Hall–Kier alpha value is -1.79. The molecule has 3 rings (SSSR count). The van der Waals surface area contributed by atoms with E-state index >= 15 is 0 Å². The highest BCUT2D eigenvalue weighted by Crippen LogP contribution is 2.44. The maximum Gasteiger partial charge on any atom is 0.226 e. The fourth-order valence-electron chi connectivity index (χ4n) is 2.37. The van der Waals surface area contributed by atoms with Crippen molar-refractivity contribution in [3.8, 4) is 0 Å². The number of aliphatic hydroxyl groups excluding tert-OH is 1. The van der Waals surface area contributed by atoms with Gasteiger partial charge in [0.2, 0.25) is 5.91 Å². The van der Waals surface area contributed by atoms with E-state index in [1.807, 2.05) is 5.38 Å². The average Bonchev–Trinajstić information content (AvgIpc) is 3.21. The van der Waals surface area contributed by atoms with E-state index in [-0.39, 0.29) is 30.2 Å². The molecule has 4 nitrogen and oxygen atoms in total. The summed E-state index contributed by atoms with van der Waals surface area (Å²) in [5, 5.41) is 14.9. The Morgan fingerprint density at radius 1 is 1.35 bits per heavy atom.